The fourth-order valence-electron chi connectivity index (χ4n) is 4.22. The summed E-state index contributed by atoms with van der Waals surface area (Å²) in [5, 5.41) is 0. The standard InChI is InChI=1S/C22H24F2N2O/c23-22(24)17-9-7-16(8-10-17)14-26-15-18(19-4-1-2-5-20(19)26)11-13-25-12-3-6-21(25)27/h1-2,4-5,7-10,18,22H,3,6,11-15H2. The van der Waals surface area contributed by atoms with E-state index in [4.69, 9.17) is 0 Å². The molecule has 0 bridgehead atoms. The van der Waals surface area contributed by atoms with Crippen LogP contribution in [0.25, 0.3) is 0 Å². The summed E-state index contributed by atoms with van der Waals surface area (Å²) >= 11 is 0. The van der Waals surface area contributed by atoms with Crippen molar-refractivity contribution in [3.8, 4) is 0 Å². The summed E-state index contributed by atoms with van der Waals surface area (Å²) in [6, 6.07) is 15.0. The highest BCUT2D eigenvalue weighted by Gasteiger charge is 2.29. The van der Waals surface area contributed by atoms with Crippen LogP contribution in [0.5, 0.6) is 0 Å². The predicted molar refractivity (Wildman–Crippen MR) is 102 cm³/mol. The number of carbonyl (C=O) groups excluding carboxylic acids is 1. The van der Waals surface area contributed by atoms with E-state index in [1.54, 1.807) is 12.1 Å². The molecule has 2 aliphatic heterocycles. The Morgan fingerprint density at radius 3 is 2.52 bits per heavy atom. The third-order valence-electron chi connectivity index (χ3n) is 5.68. The van der Waals surface area contributed by atoms with Crippen LogP contribution < -0.4 is 4.90 Å². The number of benzene rings is 2. The number of hydrogen-bond donors (Lipinski definition) is 0. The van der Waals surface area contributed by atoms with Gasteiger partial charge in [-0.3, -0.25) is 4.79 Å². The molecule has 1 amide bonds. The monoisotopic (exact) mass is 370 g/mol. The molecule has 1 fully saturated rings. The lowest BCUT2D eigenvalue weighted by Crippen LogP contribution is -2.28. The Bertz CT molecular complexity index is 806. The number of halogens is 2. The van der Waals surface area contributed by atoms with E-state index in [1.807, 2.05) is 11.0 Å². The van der Waals surface area contributed by atoms with Crippen molar-refractivity contribution in [2.24, 2.45) is 0 Å². The molecule has 1 saturated heterocycles. The lowest BCUT2D eigenvalue weighted by Gasteiger charge is -2.21. The molecule has 0 spiro atoms. The van der Waals surface area contributed by atoms with Crippen LogP contribution in [0.3, 0.4) is 0 Å². The maximum atomic E-state index is 12.8. The fourth-order valence-corrected chi connectivity index (χ4v) is 4.22. The van der Waals surface area contributed by atoms with Crippen LogP contribution in [0.15, 0.2) is 48.5 Å². The number of nitrogens with zero attached hydrogens (tertiary/aromatic N) is 2. The summed E-state index contributed by atoms with van der Waals surface area (Å²) in [5.41, 5.74) is 3.64. The smallest absolute Gasteiger partial charge is 0.263 e. The number of fused-ring (bicyclic) bond motifs is 1. The summed E-state index contributed by atoms with van der Waals surface area (Å²) in [5.74, 6) is 0.673. The lowest BCUT2D eigenvalue weighted by atomic mass is 9.98. The minimum Gasteiger partial charge on any atom is -0.366 e. The van der Waals surface area contributed by atoms with Crippen LogP contribution in [-0.2, 0) is 11.3 Å². The zero-order valence-corrected chi connectivity index (χ0v) is 15.3. The highest BCUT2D eigenvalue weighted by atomic mass is 19.3. The van der Waals surface area contributed by atoms with Crippen LogP contribution in [-0.4, -0.2) is 30.4 Å². The van der Waals surface area contributed by atoms with Gasteiger partial charge in [0.05, 0.1) is 0 Å². The number of para-hydroxylation sites is 1. The molecule has 1 atom stereocenters. The van der Waals surface area contributed by atoms with E-state index in [2.05, 4.69) is 23.1 Å². The molecule has 5 heteroatoms. The molecule has 0 aromatic heterocycles. The quantitative estimate of drug-likeness (QED) is 0.733. The molecule has 1 unspecified atom stereocenters. The molecule has 0 N–H and O–H groups in total. The molecule has 27 heavy (non-hydrogen) atoms. The maximum Gasteiger partial charge on any atom is 0.263 e. The minimum atomic E-state index is -2.43. The highest BCUT2D eigenvalue weighted by molar-refractivity contribution is 5.78. The van der Waals surface area contributed by atoms with E-state index >= 15 is 0 Å². The van der Waals surface area contributed by atoms with Crippen LogP contribution in [0.4, 0.5) is 14.5 Å². The van der Waals surface area contributed by atoms with Crippen LogP contribution in [0.1, 0.15) is 48.3 Å². The van der Waals surface area contributed by atoms with E-state index in [-0.39, 0.29) is 11.5 Å². The van der Waals surface area contributed by atoms with Crippen molar-refractivity contribution < 1.29 is 13.6 Å². The summed E-state index contributed by atoms with van der Waals surface area (Å²) in [4.78, 5) is 16.2. The normalized spacial score (nSPS) is 19.2. The van der Waals surface area contributed by atoms with Gasteiger partial charge in [0.15, 0.2) is 0 Å². The zero-order valence-electron chi connectivity index (χ0n) is 15.3. The molecule has 2 heterocycles. The Morgan fingerprint density at radius 1 is 1.04 bits per heavy atom. The Balaban J connectivity index is 1.45. The van der Waals surface area contributed by atoms with Gasteiger partial charge in [0, 0.05) is 49.8 Å². The summed E-state index contributed by atoms with van der Waals surface area (Å²) in [7, 11) is 0. The van der Waals surface area contributed by atoms with Gasteiger partial charge in [-0.05, 0) is 30.0 Å². The predicted octanol–water partition coefficient (Wildman–Crippen LogP) is 4.74. The first kappa shape index (κ1) is 18.0. The van der Waals surface area contributed by atoms with Crippen molar-refractivity contribution in [1.82, 2.24) is 4.90 Å². The molecule has 3 nitrogen and oxygen atoms in total. The Labute approximate surface area is 158 Å². The Kier molecular flexibility index (Phi) is 5.10. The number of hydrogen-bond acceptors (Lipinski definition) is 2. The van der Waals surface area contributed by atoms with Gasteiger partial charge in [-0.2, -0.15) is 0 Å². The van der Waals surface area contributed by atoms with E-state index in [0.29, 0.717) is 18.9 Å². The van der Waals surface area contributed by atoms with Crippen molar-refractivity contribution in [2.75, 3.05) is 24.5 Å². The average molecular weight is 370 g/mol. The number of likely N-dealkylation sites (tertiary alicyclic amines) is 1. The molecular weight excluding hydrogens is 346 g/mol. The van der Waals surface area contributed by atoms with Gasteiger partial charge in [-0.25, -0.2) is 8.78 Å². The minimum absolute atomic E-state index is 0.0636. The molecule has 142 valence electrons. The second-order valence-electron chi connectivity index (χ2n) is 7.45. The number of amides is 1. The van der Waals surface area contributed by atoms with Gasteiger partial charge in [0.25, 0.3) is 6.43 Å². The molecule has 4 rings (SSSR count). The molecule has 0 saturated carbocycles. The SMILES string of the molecule is O=C1CCCN1CCC1CN(Cc2ccc(C(F)F)cc2)c2ccccc21. The average Bonchev–Trinajstić information content (AvgIpc) is 3.24. The van der Waals surface area contributed by atoms with Gasteiger partial charge < -0.3 is 9.80 Å². The van der Waals surface area contributed by atoms with Crippen molar-refractivity contribution in [3.05, 3.63) is 65.2 Å². The molecule has 0 radical (unpaired) electrons. The molecule has 0 aliphatic carbocycles. The van der Waals surface area contributed by atoms with E-state index < -0.39 is 6.43 Å². The number of carbonyl (C=O) groups is 1. The number of rotatable bonds is 6. The Hall–Kier alpha value is -2.43. The van der Waals surface area contributed by atoms with E-state index in [9.17, 15) is 13.6 Å². The van der Waals surface area contributed by atoms with Crippen LogP contribution in [0.2, 0.25) is 0 Å². The van der Waals surface area contributed by atoms with Crippen molar-refractivity contribution in [3.63, 3.8) is 0 Å². The molecule has 2 aromatic rings. The zero-order chi connectivity index (χ0) is 18.8. The third kappa shape index (κ3) is 3.82. The van der Waals surface area contributed by atoms with E-state index in [1.165, 1.54) is 23.4 Å². The van der Waals surface area contributed by atoms with E-state index in [0.717, 1.165) is 38.0 Å². The summed E-state index contributed by atoms with van der Waals surface area (Å²) in [6.45, 7) is 3.31. The third-order valence-corrected chi connectivity index (χ3v) is 5.68. The second kappa shape index (κ2) is 7.67. The van der Waals surface area contributed by atoms with Crippen LogP contribution >= 0.6 is 0 Å². The first-order valence-corrected chi connectivity index (χ1v) is 9.60. The van der Waals surface area contributed by atoms with Gasteiger partial charge in [0.1, 0.15) is 0 Å². The number of alkyl halides is 2. The summed E-state index contributed by atoms with van der Waals surface area (Å²) < 4.78 is 25.5. The fraction of sp³-hybridized carbons (Fsp3) is 0.409. The largest absolute Gasteiger partial charge is 0.366 e. The maximum absolute atomic E-state index is 12.8. The van der Waals surface area contributed by atoms with Gasteiger partial charge >= 0.3 is 0 Å². The molecule has 2 aliphatic rings. The van der Waals surface area contributed by atoms with Crippen molar-refractivity contribution in [1.29, 1.82) is 0 Å². The summed E-state index contributed by atoms with van der Waals surface area (Å²) in [6.07, 6.45) is 0.191. The first-order valence-electron chi connectivity index (χ1n) is 9.60. The molecule has 2 aromatic carbocycles. The number of anilines is 1. The lowest BCUT2D eigenvalue weighted by molar-refractivity contribution is -0.127. The second-order valence-corrected chi connectivity index (χ2v) is 7.45. The van der Waals surface area contributed by atoms with Crippen molar-refractivity contribution in [2.45, 2.75) is 38.2 Å². The highest BCUT2D eigenvalue weighted by Crippen LogP contribution is 2.39. The molecular formula is C22H24F2N2O. The van der Waals surface area contributed by atoms with Gasteiger partial charge in [0.2, 0.25) is 5.91 Å². The van der Waals surface area contributed by atoms with Gasteiger partial charge in [-0.15, -0.1) is 0 Å². The topological polar surface area (TPSA) is 23.6 Å². The first-order chi connectivity index (χ1) is 13.1. The Morgan fingerprint density at radius 2 is 1.81 bits per heavy atom. The van der Waals surface area contributed by atoms with Gasteiger partial charge in [-0.1, -0.05) is 42.5 Å². The van der Waals surface area contributed by atoms with Crippen molar-refractivity contribution >= 4 is 11.6 Å². The van der Waals surface area contributed by atoms with Crippen LogP contribution in [0, 0.1) is 0 Å².